The van der Waals surface area contributed by atoms with E-state index in [4.69, 9.17) is 16.1 Å². The number of aryl methyl sites for hydroxylation is 1. The van der Waals surface area contributed by atoms with Gasteiger partial charge in [-0.25, -0.2) is 9.37 Å². The third-order valence-electron chi connectivity index (χ3n) is 7.53. The molecule has 2 aliphatic rings. The van der Waals surface area contributed by atoms with Gasteiger partial charge in [-0.15, -0.1) is 0 Å². The van der Waals surface area contributed by atoms with E-state index >= 15 is 0 Å². The molecule has 0 aliphatic heterocycles. The lowest BCUT2D eigenvalue weighted by Crippen LogP contribution is -2.18. The van der Waals surface area contributed by atoms with Crippen LogP contribution in [-0.2, 0) is 4.79 Å². The summed E-state index contributed by atoms with van der Waals surface area (Å²) in [6.07, 6.45) is 7.09. The molecular weight excluding hydrogens is 517 g/mol. The first-order valence-electron chi connectivity index (χ1n) is 12.7. The summed E-state index contributed by atoms with van der Waals surface area (Å²) in [6.45, 7) is 1.84. The molecule has 6 nitrogen and oxygen atoms in total. The van der Waals surface area contributed by atoms with Crippen molar-refractivity contribution < 1.29 is 18.8 Å². The molecule has 1 saturated carbocycles. The lowest BCUT2D eigenvalue weighted by Gasteiger charge is -2.20. The van der Waals surface area contributed by atoms with Crippen LogP contribution in [0.25, 0.3) is 28.2 Å². The number of carbonyl (C=O) groups is 1. The molecule has 8 heteroatoms. The number of hydrogen-bond donors (Lipinski definition) is 2. The molecule has 2 aromatic carbocycles. The summed E-state index contributed by atoms with van der Waals surface area (Å²) in [6, 6.07) is 18.1. The molecule has 0 saturated heterocycles. The van der Waals surface area contributed by atoms with Crippen LogP contribution in [0, 0.1) is 18.2 Å². The van der Waals surface area contributed by atoms with Crippen molar-refractivity contribution in [3.63, 3.8) is 0 Å². The minimum absolute atomic E-state index is 0.0258. The Balaban J connectivity index is 1.24. The van der Waals surface area contributed by atoms with Crippen molar-refractivity contribution in [3.05, 3.63) is 100 Å². The summed E-state index contributed by atoms with van der Waals surface area (Å²) in [4.78, 5) is 16.3. The highest BCUT2D eigenvalue weighted by atomic mass is 35.5. The number of pyridine rings is 1. The Hall–Kier alpha value is -4.23. The predicted molar refractivity (Wildman–Crippen MR) is 149 cm³/mol. The SMILES string of the molecule is Cc1noc(-c2ccc(C3=CC=C(C4(C(=O)O)CC4)CC3)cc2)c1Nc1cccc(-c2cccc(F)c2Cl)n1. The Bertz CT molecular complexity index is 1650. The standard InChI is InChI=1S/C31H25ClFN3O3/c1-18-28(35-26-7-3-6-25(34-26)23-4-2-5-24(33)27(23)32)29(39-36-18)21-10-8-19(9-11-21)20-12-14-22(15-13-20)31(16-17-31)30(37)38/h2-12,14H,13,15-17H2,1H3,(H,34,35)(H,37,38). The zero-order valence-electron chi connectivity index (χ0n) is 21.2. The van der Waals surface area contributed by atoms with Crippen LogP contribution < -0.4 is 5.32 Å². The number of carboxylic acids is 1. The molecular formula is C31H25ClFN3O3. The highest BCUT2D eigenvalue weighted by Gasteiger charge is 2.52. The van der Waals surface area contributed by atoms with Crippen molar-refractivity contribution in [2.75, 3.05) is 5.32 Å². The Morgan fingerprint density at radius 1 is 1.03 bits per heavy atom. The number of rotatable bonds is 7. The van der Waals surface area contributed by atoms with Gasteiger partial charge in [0.25, 0.3) is 0 Å². The smallest absolute Gasteiger partial charge is 0.313 e. The van der Waals surface area contributed by atoms with Crippen LogP contribution in [0.5, 0.6) is 0 Å². The topological polar surface area (TPSA) is 88.2 Å². The number of hydrogen-bond acceptors (Lipinski definition) is 5. The fraction of sp³-hybridized carbons (Fsp3) is 0.194. The van der Waals surface area contributed by atoms with Crippen LogP contribution in [0.3, 0.4) is 0 Å². The van der Waals surface area contributed by atoms with Gasteiger partial charge in [0.1, 0.15) is 23.0 Å². The molecule has 1 fully saturated rings. The second kappa shape index (κ2) is 9.82. The van der Waals surface area contributed by atoms with Gasteiger partial charge in [-0.3, -0.25) is 4.79 Å². The number of halogens is 2. The molecule has 0 amide bonds. The number of benzene rings is 2. The molecule has 39 heavy (non-hydrogen) atoms. The van der Waals surface area contributed by atoms with E-state index in [0.717, 1.165) is 42.4 Å². The number of allylic oxidation sites excluding steroid dienone is 3. The lowest BCUT2D eigenvalue weighted by molar-refractivity contribution is -0.141. The van der Waals surface area contributed by atoms with Crippen molar-refractivity contribution in [1.82, 2.24) is 10.1 Å². The van der Waals surface area contributed by atoms with Crippen LogP contribution >= 0.6 is 11.6 Å². The minimum Gasteiger partial charge on any atom is -0.481 e. The lowest BCUT2D eigenvalue weighted by atomic mass is 9.85. The van der Waals surface area contributed by atoms with Gasteiger partial charge in [0.2, 0.25) is 0 Å². The highest BCUT2D eigenvalue weighted by Crippen LogP contribution is 2.54. The summed E-state index contributed by atoms with van der Waals surface area (Å²) in [7, 11) is 0. The molecule has 0 atom stereocenters. The molecule has 0 bridgehead atoms. The van der Waals surface area contributed by atoms with E-state index in [1.54, 1.807) is 18.2 Å². The predicted octanol–water partition coefficient (Wildman–Crippen LogP) is 8.22. The van der Waals surface area contributed by atoms with E-state index in [1.807, 2.05) is 55.5 Å². The minimum atomic E-state index is -0.707. The maximum absolute atomic E-state index is 14.0. The van der Waals surface area contributed by atoms with Crippen molar-refractivity contribution >= 4 is 34.6 Å². The number of nitrogens with zero attached hydrogens (tertiary/aromatic N) is 2. The fourth-order valence-electron chi connectivity index (χ4n) is 5.11. The molecule has 0 spiro atoms. The van der Waals surface area contributed by atoms with Crippen LogP contribution in [0.1, 0.15) is 36.9 Å². The molecule has 2 N–H and O–H groups in total. The van der Waals surface area contributed by atoms with Crippen LogP contribution in [-0.4, -0.2) is 21.2 Å². The monoisotopic (exact) mass is 541 g/mol. The van der Waals surface area contributed by atoms with Gasteiger partial charge in [-0.1, -0.05) is 76.9 Å². The summed E-state index contributed by atoms with van der Waals surface area (Å²) in [5.74, 6) is -0.0855. The van der Waals surface area contributed by atoms with E-state index in [1.165, 1.54) is 11.6 Å². The summed E-state index contributed by atoms with van der Waals surface area (Å²) < 4.78 is 19.7. The Morgan fingerprint density at radius 3 is 2.46 bits per heavy atom. The van der Waals surface area contributed by atoms with Crippen LogP contribution in [0.4, 0.5) is 15.9 Å². The zero-order chi connectivity index (χ0) is 27.1. The third kappa shape index (κ3) is 4.63. The van der Waals surface area contributed by atoms with E-state index < -0.39 is 17.2 Å². The number of aromatic nitrogens is 2. The summed E-state index contributed by atoms with van der Waals surface area (Å²) >= 11 is 6.17. The normalized spacial score (nSPS) is 15.9. The second-order valence-corrected chi connectivity index (χ2v) is 10.3. The van der Waals surface area contributed by atoms with E-state index in [-0.39, 0.29) is 5.02 Å². The van der Waals surface area contributed by atoms with Crippen molar-refractivity contribution in [3.8, 4) is 22.6 Å². The Labute approximate surface area is 229 Å². The fourth-order valence-corrected chi connectivity index (χ4v) is 5.33. The van der Waals surface area contributed by atoms with Gasteiger partial charge < -0.3 is 14.9 Å². The molecule has 2 aromatic heterocycles. The van der Waals surface area contributed by atoms with Crippen LogP contribution in [0.15, 0.2) is 82.9 Å². The molecule has 2 heterocycles. The van der Waals surface area contributed by atoms with Gasteiger partial charge in [0, 0.05) is 11.1 Å². The van der Waals surface area contributed by atoms with E-state index in [9.17, 15) is 14.3 Å². The molecule has 4 aromatic rings. The van der Waals surface area contributed by atoms with Gasteiger partial charge in [-0.2, -0.15) is 0 Å². The van der Waals surface area contributed by atoms with Crippen molar-refractivity contribution in [2.24, 2.45) is 5.41 Å². The Morgan fingerprint density at radius 2 is 1.77 bits per heavy atom. The highest BCUT2D eigenvalue weighted by molar-refractivity contribution is 6.33. The van der Waals surface area contributed by atoms with Crippen molar-refractivity contribution in [1.29, 1.82) is 0 Å². The average Bonchev–Trinajstić information content (AvgIpc) is 3.70. The van der Waals surface area contributed by atoms with Gasteiger partial charge >= 0.3 is 5.97 Å². The molecule has 0 unspecified atom stereocenters. The third-order valence-corrected chi connectivity index (χ3v) is 7.92. The van der Waals surface area contributed by atoms with E-state index in [2.05, 4.69) is 15.5 Å². The molecule has 196 valence electrons. The quantitative estimate of drug-likeness (QED) is 0.245. The molecule has 2 aliphatic carbocycles. The van der Waals surface area contributed by atoms with Gasteiger partial charge in [0.15, 0.2) is 5.76 Å². The number of aliphatic carboxylic acids is 1. The number of carboxylic acid groups (broad SMARTS) is 1. The molecule has 0 radical (unpaired) electrons. The van der Waals surface area contributed by atoms with E-state index in [0.29, 0.717) is 34.2 Å². The summed E-state index contributed by atoms with van der Waals surface area (Å²) in [5, 5.41) is 17.1. The first-order chi connectivity index (χ1) is 18.9. The Kier molecular flexibility index (Phi) is 6.31. The number of nitrogens with one attached hydrogen (secondary N) is 1. The first-order valence-corrected chi connectivity index (χ1v) is 13.1. The zero-order valence-corrected chi connectivity index (χ0v) is 21.9. The maximum Gasteiger partial charge on any atom is 0.313 e. The van der Waals surface area contributed by atoms with Gasteiger partial charge in [0.05, 0.1) is 16.1 Å². The average molecular weight is 542 g/mol. The summed E-state index contributed by atoms with van der Waals surface area (Å²) in [5.41, 5.74) is 5.91. The first kappa shape index (κ1) is 25.1. The van der Waals surface area contributed by atoms with Crippen LogP contribution in [0.2, 0.25) is 5.02 Å². The van der Waals surface area contributed by atoms with Crippen molar-refractivity contribution in [2.45, 2.75) is 32.6 Å². The number of anilines is 2. The van der Waals surface area contributed by atoms with Gasteiger partial charge in [-0.05, 0) is 61.9 Å². The largest absolute Gasteiger partial charge is 0.481 e. The second-order valence-electron chi connectivity index (χ2n) is 9.95. The maximum atomic E-state index is 14.0. The molecule has 6 rings (SSSR count).